The molecule has 0 aromatic heterocycles. The van der Waals surface area contributed by atoms with Crippen molar-refractivity contribution in [3.8, 4) is 0 Å². The van der Waals surface area contributed by atoms with Crippen LogP contribution in [0.25, 0.3) is 0 Å². The maximum absolute atomic E-state index is 11.2. The Bertz CT molecular complexity index is 372. The van der Waals surface area contributed by atoms with Crippen LogP contribution < -0.4 is 5.32 Å². The second-order valence-corrected chi connectivity index (χ2v) is 4.25. The van der Waals surface area contributed by atoms with Gasteiger partial charge in [0.05, 0.1) is 6.61 Å². The van der Waals surface area contributed by atoms with Gasteiger partial charge in [-0.15, -0.1) is 0 Å². The van der Waals surface area contributed by atoms with Gasteiger partial charge < -0.3 is 9.84 Å². The lowest BCUT2D eigenvalue weighted by atomic mass is 10.1. The Kier molecular flexibility index (Phi) is 3.76. The molecule has 92 valence electrons. The first-order valence-electron chi connectivity index (χ1n) is 5.89. The van der Waals surface area contributed by atoms with E-state index in [0.717, 1.165) is 18.4 Å². The minimum atomic E-state index is -1.16. The van der Waals surface area contributed by atoms with E-state index >= 15 is 0 Å². The van der Waals surface area contributed by atoms with Crippen molar-refractivity contribution >= 4 is 5.97 Å². The number of carbonyl (C=O) groups is 1. The maximum Gasteiger partial charge on any atom is 0.351 e. The average molecular weight is 235 g/mol. The summed E-state index contributed by atoms with van der Waals surface area (Å²) in [6, 6.07) is 9.92. The summed E-state index contributed by atoms with van der Waals surface area (Å²) in [5, 5.41) is 12.1. The Hall–Kier alpha value is -1.39. The Labute approximate surface area is 101 Å². The number of carboxylic acids is 1. The second kappa shape index (κ2) is 5.29. The van der Waals surface area contributed by atoms with Gasteiger partial charge in [-0.25, -0.2) is 4.79 Å². The highest BCUT2D eigenvalue weighted by molar-refractivity contribution is 5.77. The number of carboxylic acid groups (broad SMARTS) is 1. The van der Waals surface area contributed by atoms with Gasteiger partial charge in [-0.05, 0) is 24.9 Å². The Morgan fingerprint density at radius 3 is 2.76 bits per heavy atom. The second-order valence-electron chi connectivity index (χ2n) is 4.25. The summed E-state index contributed by atoms with van der Waals surface area (Å²) in [5.41, 5.74) is 0.000410. The summed E-state index contributed by atoms with van der Waals surface area (Å²) in [6.45, 7) is 1.13. The number of hydrogen-bond acceptors (Lipinski definition) is 3. The van der Waals surface area contributed by atoms with Gasteiger partial charge in [-0.1, -0.05) is 30.3 Å². The summed E-state index contributed by atoms with van der Waals surface area (Å²) >= 11 is 0. The smallest absolute Gasteiger partial charge is 0.351 e. The van der Waals surface area contributed by atoms with Crippen molar-refractivity contribution < 1.29 is 14.6 Å². The fourth-order valence-electron chi connectivity index (χ4n) is 2.07. The largest absolute Gasteiger partial charge is 0.478 e. The molecule has 4 heteroatoms. The lowest BCUT2D eigenvalue weighted by Crippen LogP contribution is -2.50. The molecule has 2 N–H and O–H groups in total. The van der Waals surface area contributed by atoms with Crippen LogP contribution in [0.1, 0.15) is 18.4 Å². The highest BCUT2D eigenvalue weighted by Gasteiger charge is 2.42. The first kappa shape index (κ1) is 12.1. The fraction of sp³-hybridized carbons (Fsp3) is 0.462. The van der Waals surface area contributed by atoms with Gasteiger partial charge >= 0.3 is 5.97 Å². The van der Waals surface area contributed by atoms with E-state index in [1.54, 1.807) is 0 Å². The Morgan fingerprint density at radius 1 is 1.41 bits per heavy atom. The van der Waals surface area contributed by atoms with Crippen LogP contribution in [0.3, 0.4) is 0 Å². The molecule has 0 spiro atoms. The van der Waals surface area contributed by atoms with E-state index in [2.05, 4.69) is 5.32 Å². The third-order valence-electron chi connectivity index (χ3n) is 3.04. The van der Waals surface area contributed by atoms with Crippen molar-refractivity contribution in [2.24, 2.45) is 0 Å². The zero-order chi connectivity index (χ0) is 12.1. The number of aliphatic carboxylic acids is 1. The standard InChI is InChI=1S/C13H17NO3/c15-12(16)13(8-4-9-14-13)17-10-7-11-5-2-1-3-6-11/h1-3,5-6,14H,4,7-10H2,(H,15,16)/t13-/m1/s1. The van der Waals surface area contributed by atoms with Crippen LogP contribution in [-0.4, -0.2) is 30.0 Å². The van der Waals surface area contributed by atoms with Crippen LogP contribution in [0, 0.1) is 0 Å². The number of ether oxygens (including phenoxy) is 1. The molecule has 1 atom stereocenters. The molecular formula is C13H17NO3. The van der Waals surface area contributed by atoms with Gasteiger partial charge in [-0.2, -0.15) is 0 Å². The van der Waals surface area contributed by atoms with Crippen LogP contribution in [-0.2, 0) is 16.0 Å². The molecule has 1 aromatic rings. The van der Waals surface area contributed by atoms with E-state index in [4.69, 9.17) is 4.74 Å². The summed E-state index contributed by atoms with van der Waals surface area (Å²) in [5.74, 6) is -0.914. The molecule has 0 aliphatic carbocycles. The third-order valence-corrected chi connectivity index (χ3v) is 3.04. The lowest BCUT2D eigenvalue weighted by molar-refractivity contribution is -0.168. The Morgan fingerprint density at radius 2 is 2.18 bits per heavy atom. The summed E-state index contributed by atoms with van der Waals surface area (Å²) < 4.78 is 5.55. The molecule has 0 unspecified atom stereocenters. The molecule has 1 fully saturated rings. The maximum atomic E-state index is 11.2. The summed E-state index contributed by atoms with van der Waals surface area (Å²) in [4.78, 5) is 11.2. The van der Waals surface area contributed by atoms with E-state index in [1.807, 2.05) is 30.3 Å². The highest BCUT2D eigenvalue weighted by Crippen LogP contribution is 2.21. The van der Waals surface area contributed by atoms with Crippen molar-refractivity contribution in [2.75, 3.05) is 13.2 Å². The predicted molar refractivity (Wildman–Crippen MR) is 63.7 cm³/mol. The van der Waals surface area contributed by atoms with Gasteiger partial charge in [0, 0.05) is 6.42 Å². The minimum Gasteiger partial charge on any atom is -0.478 e. The van der Waals surface area contributed by atoms with Crippen molar-refractivity contribution in [1.82, 2.24) is 5.32 Å². The van der Waals surface area contributed by atoms with E-state index in [-0.39, 0.29) is 0 Å². The monoisotopic (exact) mass is 235 g/mol. The first-order chi connectivity index (χ1) is 8.23. The molecule has 0 saturated carbocycles. The normalized spacial score (nSPS) is 23.8. The molecule has 0 bridgehead atoms. The Balaban J connectivity index is 1.87. The average Bonchev–Trinajstić information content (AvgIpc) is 2.80. The summed E-state index contributed by atoms with van der Waals surface area (Å²) in [6.07, 6.45) is 2.12. The topological polar surface area (TPSA) is 58.6 Å². The van der Waals surface area contributed by atoms with Gasteiger partial charge in [0.2, 0.25) is 5.72 Å². The van der Waals surface area contributed by atoms with Crippen LogP contribution >= 0.6 is 0 Å². The van der Waals surface area contributed by atoms with Crippen molar-refractivity contribution in [3.05, 3.63) is 35.9 Å². The zero-order valence-corrected chi connectivity index (χ0v) is 9.69. The van der Waals surface area contributed by atoms with E-state index in [1.165, 1.54) is 0 Å². The number of benzene rings is 1. The summed E-state index contributed by atoms with van der Waals surface area (Å²) in [7, 11) is 0. The molecule has 1 saturated heterocycles. The number of nitrogens with one attached hydrogen (secondary N) is 1. The van der Waals surface area contributed by atoms with Crippen LogP contribution in [0.5, 0.6) is 0 Å². The molecule has 2 rings (SSSR count). The minimum absolute atomic E-state index is 0.420. The van der Waals surface area contributed by atoms with Crippen LogP contribution in [0.2, 0.25) is 0 Å². The van der Waals surface area contributed by atoms with Crippen molar-refractivity contribution in [2.45, 2.75) is 25.0 Å². The lowest BCUT2D eigenvalue weighted by Gasteiger charge is -2.24. The van der Waals surface area contributed by atoms with Gasteiger partial charge in [-0.3, -0.25) is 5.32 Å². The molecule has 1 aromatic carbocycles. The molecular weight excluding hydrogens is 218 g/mol. The molecule has 0 radical (unpaired) electrons. The molecule has 4 nitrogen and oxygen atoms in total. The molecule has 0 amide bonds. The molecule has 1 aliphatic heterocycles. The predicted octanol–water partition coefficient (Wildman–Crippen LogP) is 1.41. The van der Waals surface area contributed by atoms with Gasteiger partial charge in [0.25, 0.3) is 0 Å². The molecule has 1 heterocycles. The number of rotatable bonds is 5. The zero-order valence-electron chi connectivity index (χ0n) is 9.69. The van der Waals surface area contributed by atoms with E-state index < -0.39 is 11.7 Å². The fourth-order valence-corrected chi connectivity index (χ4v) is 2.07. The molecule has 1 aliphatic rings. The van der Waals surface area contributed by atoms with E-state index in [0.29, 0.717) is 19.6 Å². The first-order valence-corrected chi connectivity index (χ1v) is 5.89. The van der Waals surface area contributed by atoms with E-state index in [9.17, 15) is 9.90 Å². The van der Waals surface area contributed by atoms with Crippen LogP contribution in [0.15, 0.2) is 30.3 Å². The van der Waals surface area contributed by atoms with Gasteiger partial charge in [0.1, 0.15) is 0 Å². The highest BCUT2D eigenvalue weighted by atomic mass is 16.5. The van der Waals surface area contributed by atoms with Gasteiger partial charge in [0.15, 0.2) is 0 Å². The SMILES string of the molecule is O=C(O)[C@]1(OCCc2ccccc2)CCCN1. The molecule has 17 heavy (non-hydrogen) atoms. The quantitative estimate of drug-likeness (QED) is 0.810. The number of hydrogen-bond donors (Lipinski definition) is 2. The third kappa shape index (κ3) is 2.84. The van der Waals surface area contributed by atoms with Crippen molar-refractivity contribution in [1.29, 1.82) is 0 Å². The van der Waals surface area contributed by atoms with Crippen LogP contribution in [0.4, 0.5) is 0 Å². The van der Waals surface area contributed by atoms with Crippen molar-refractivity contribution in [3.63, 3.8) is 0 Å².